The summed E-state index contributed by atoms with van der Waals surface area (Å²) in [5.74, 6) is 0.722. The van der Waals surface area contributed by atoms with E-state index < -0.39 is 0 Å². The van der Waals surface area contributed by atoms with Crippen LogP contribution in [0.3, 0.4) is 0 Å². The van der Waals surface area contributed by atoms with E-state index in [1.807, 2.05) is 20.8 Å². The van der Waals surface area contributed by atoms with Gasteiger partial charge in [-0.05, 0) is 13.8 Å². The van der Waals surface area contributed by atoms with Crippen LogP contribution in [0.5, 0.6) is 0 Å². The van der Waals surface area contributed by atoms with E-state index >= 15 is 0 Å². The van der Waals surface area contributed by atoms with E-state index in [1.54, 1.807) is 0 Å². The minimum atomic E-state index is 0. The lowest BCUT2D eigenvalue weighted by atomic mass is 10.8. The molecule has 0 heterocycles. The highest BCUT2D eigenvalue weighted by Gasteiger charge is 1.64. The molecule has 0 spiro atoms. The number of rotatable bonds is 2. The molecule has 9 heavy (non-hydrogen) atoms. The molecule has 0 aromatic rings. The highest BCUT2D eigenvalue weighted by molar-refractivity contribution is 6.17. The molecule has 3 heteroatoms. The molecule has 0 rings (SSSR count). The van der Waals surface area contributed by atoms with Crippen molar-refractivity contribution in [2.24, 2.45) is 0 Å². The Balaban J connectivity index is -0.0000000800. The van der Waals surface area contributed by atoms with Crippen LogP contribution in [-0.4, -0.2) is 36.5 Å². The van der Waals surface area contributed by atoms with E-state index in [4.69, 9.17) is 16.3 Å². The second kappa shape index (κ2) is 23.3. The molecule has 0 saturated carbocycles. The normalized spacial score (nSPS) is 6.67. The Kier molecular flexibility index (Phi) is 42.4. The summed E-state index contributed by atoms with van der Waals surface area (Å²) in [7, 11) is 0. The van der Waals surface area contributed by atoms with E-state index in [-0.39, 0.29) is 17.4 Å². The number of hydrogen-bond acceptors (Lipinski definition) is 1. The molecule has 0 saturated heterocycles. The highest BCUT2D eigenvalue weighted by Crippen LogP contribution is 1.64. The van der Waals surface area contributed by atoms with E-state index in [1.165, 1.54) is 0 Å². The fraction of sp³-hybridized carbons (Fsp3) is 1.00. The number of halogens is 1. The zero-order chi connectivity index (χ0) is 6.83. The van der Waals surface area contributed by atoms with E-state index in [9.17, 15) is 0 Å². The summed E-state index contributed by atoms with van der Waals surface area (Å²) in [5.41, 5.74) is 0. The van der Waals surface area contributed by atoms with Gasteiger partial charge in [0.1, 0.15) is 0 Å². The topological polar surface area (TPSA) is 9.23 Å². The molecule has 0 aliphatic carbocycles. The molecule has 58 valence electrons. The molecule has 1 nitrogen and oxygen atoms in total. The molecular weight excluding hydrogens is 150 g/mol. The van der Waals surface area contributed by atoms with Crippen LogP contribution in [0.15, 0.2) is 0 Å². The molecule has 0 aliphatic rings. The third kappa shape index (κ3) is 52.2. The number of hydrogen-bond donors (Lipinski definition) is 0. The lowest BCUT2D eigenvalue weighted by Gasteiger charge is -1.86. The molecule has 0 N–H and O–H groups in total. The van der Waals surface area contributed by atoms with Gasteiger partial charge in [-0.1, -0.05) is 6.92 Å². The predicted octanol–water partition coefficient (Wildman–Crippen LogP) is 1.10. The first-order valence-electron chi connectivity index (χ1n) is 2.97. The van der Waals surface area contributed by atoms with Crippen molar-refractivity contribution in [3.63, 3.8) is 0 Å². The molecule has 0 amide bonds. The van der Waals surface area contributed by atoms with Crippen LogP contribution in [0.25, 0.3) is 0 Å². The maximum absolute atomic E-state index is 5.00. The Labute approximate surface area is 73.9 Å². The van der Waals surface area contributed by atoms with Crippen LogP contribution in [0.2, 0.25) is 0 Å². The third-order valence-electron chi connectivity index (χ3n) is 0.408. The first kappa shape index (κ1) is 16.4. The summed E-state index contributed by atoms with van der Waals surface area (Å²) < 4.78 is 4.83. The van der Waals surface area contributed by atoms with Crippen LogP contribution >= 0.6 is 11.6 Å². The summed E-state index contributed by atoms with van der Waals surface area (Å²) in [5, 5.41) is 0. The SMILES string of the molecule is CCCl.CCOCC.[AlH3]. The van der Waals surface area contributed by atoms with Gasteiger partial charge in [0, 0.05) is 19.1 Å². The summed E-state index contributed by atoms with van der Waals surface area (Å²) in [6.45, 7) is 7.56. The molecule has 0 aromatic heterocycles. The number of ether oxygens (including phenoxy) is 1. The Morgan fingerprint density at radius 2 is 1.33 bits per heavy atom. The molecule has 0 unspecified atom stereocenters. The van der Waals surface area contributed by atoms with Crippen molar-refractivity contribution in [3.05, 3.63) is 0 Å². The van der Waals surface area contributed by atoms with Crippen molar-refractivity contribution in [1.82, 2.24) is 0 Å². The lowest BCUT2D eigenvalue weighted by molar-refractivity contribution is 0.162. The number of alkyl halides is 1. The molecule has 0 fully saturated rings. The van der Waals surface area contributed by atoms with Gasteiger partial charge in [-0.3, -0.25) is 0 Å². The van der Waals surface area contributed by atoms with Crippen LogP contribution in [0.1, 0.15) is 20.8 Å². The fourth-order valence-corrected chi connectivity index (χ4v) is 0.204. The molecule has 0 bridgehead atoms. The van der Waals surface area contributed by atoms with Crippen LogP contribution in [-0.2, 0) is 4.74 Å². The predicted molar refractivity (Wildman–Crippen MR) is 48.5 cm³/mol. The lowest BCUT2D eigenvalue weighted by Crippen LogP contribution is -1.84. The van der Waals surface area contributed by atoms with Crippen molar-refractivity contribution >= 4 is 29.0 Å². The van der Waals surface area contributed by atoms with Gasteiger partial charge in [0.15, 0.2) is 17.4 Å². The van der Waals surface area contributed by atoms with Gasteiger partial charge >= 0.3 is 0 Å². The van der Waals surface area contributed by atoms with Gasteiger partial charge in [0.05, 0.1) is 0 Å². The Bertz CT molecular complexity index is 27.0. The largest absolute Gasteiger partial charge is 0.382 e. The van der Waals surface area contributed by atoms with Crippen molar-refractivity contribution in [2.75, 3.05) is 19.1 Å². The minimum Gasteiger partial charge on any atom is -0.382 e. The Hall–Kier alpha value is 0.782. The van der Waals surface area contributed by atoms with Gasteiger partial charge in [-0.2, -0.15) is 0 Å². The second-order valence-electron chi connectivity index (χ2n) is 1.05. The first-order chi connectivity index (χ1) is 3.83. The maximum Gasteiger partial charge on any atom is 0.187 e. The summed E-state index contributed by atoms with van der Waals surface area (Å²) >= 11 is 5.00. The molecule has 0 aliphatic heterocycles. The fourth-order valence-electron chi connectivity index (χ4n) is 0.204. The van der Waals surface area contributed by atoms with Gasteiger partial charge in [-0.15, -0.1) is 11.6 Å². The third-order valence-corrected chi connectivity index (χ3v) is 0.408. The zero-order valence-corrected chi connectivity index (χ0v) is 6.66. The van der Waals surface area contributed by atoms with Crippen molar-refractivity contribution in [3.8, 4) is 0 Å². The van der Waals surface area contributed by atoms with E-state index in [0.29, 0.717) is 0 Å². The summed E-state index contributed by atoms with van der Waals surface area (Å²) in [4.78, 5) is 0. The highest BCUT2D eigenvalue weighted by atomic mass is 35.5. The Morgan fingerprint density at radius 1 is 1.11 bits per heavy atom. The quantitative estimate of drug-likeness (QED) is 0.443. The first-order valence-corrected chi connectivity index (χ1v) is 3.50. The zero-order valence-electron chi connectivity index (χ0n) is 5.91. The van der Waals surface area contributed by atoms with Crippen molar-refractivity contribution in [1.29, 1.82) is 0 Å². The van der Waals surface area contributed by atoms with Gasteiger partial charge < -0.3 is 4.74 Å². The van der Waals surface area contributed by atoms with Crippen LogP contribution in [0, 0.1) is 0 Å². The smallest absolute Gasteiger partial charge is 0.187 e. The Morgan fingerprint density at radius 3 is 1.33 bits per heavy atom. The van der Waals surface area contributed by atoms with Gasteiger partial charge in [0.25, 0.3) is 0 Å². The van der Waals surface area contributed by atoms with Crippen LogP contribution < -0.4 is 0 Å². The maximum atomic E-state index is 5.00. The molecule has 0 atom stereocenters. The van der Waals surface area contributed by atoms with E-state index in [2.05, 4.69) is 0 Å². The average molecular weight is 169 g/mol. The molecule has 0 aromatic carbocycles. The summed E-state index contributed by atoms with van der Waals surface area (Å²) in [6, 6.07) is 0. The minimum absolute atomic E-state index is 0. The monoisotopic (exact) mass is 168 g/mol. The van der Waals surface area contributed by atoms with Crippen molar-refractivity contribution in [2.45, 2.75) is 20.8 Å². The second-order valence-corrected chi connectivity index (χ2v) is 1.58. The average Bonchev–Trinajstić information content (AvgIpc) is 1.71. The van der Waals surface area contributed by atoms with Gasteiger partial charge in [0.2, 0.25) is 0 Å². The van der Waals surface area contributed by atoms with Crippen molar-refractivity contribution < 1.29 is 4.74 Å². The standard InChI is InChI=1S/C4H10O.C2H5Cl.Al.3H/c1-3-5-4-2;1-2-3;;;;/h3-4H2,1-2H3;2H2,1H3;;;;. The van der Waals surface area contributed by atoms with E-state index in [0.717, 1.165) is 19.1 Å². The van der Waals surface area contributed by atoms with Crippen LogP contribution in [0.4, 0.5) is 0 Å². The molecule has 0 radical (unpaired) electrons. The molecular formula is C6H18AlClO. The van der Waals surface area contributed by atoms with Gasteiger partial charge in [-0.25, -0.2) is 0 Å². The summed E-state index contributed by atoms with van der Waals surface area (Å²) in [6.07, 6.45) is 0.